The van der Waals surface area contributed by atoms with Gasteiger partial charge in [0.15, 0.2) is 8.32 Å². The summed E-state index contributed by atoms with van der Waals surface area (Å²) in [4.78, 5) is 28.3. The number of nitrogens with zero attached hydrogens (tertiary/aromatic N) is 1. The van der Waals surface area contributed by atoms with Crippen LogP contribution >= 0.6 is 0 Å². The first-order chi connectivity index (χ1) is 26.1. The van der Waals surface area contributed by atoms with E-state index in [0.717, 1.165) is 21.5 Å². The van der Waals surface area contributed by atoms with Crippen LogP contribution in [0, 0.1) is 0 Å². The minimum Gasteiger partial charge on any atom is -0.411 e. The number of benzene rings is 4. The fraction of sp³-hybridized carbons (Fsp3) is 0.378. The summed E-state index contributed by atoms with van der Waals surface area (Å²) < 4.78 is 24.3. The Balaban J connectivity index is 1.61. The van der Waals surface area contributed by atoms with E-state index in [1.807, 2.05) is 48.5 Å². The van der Waals surface area contributed by atoms with Crippen LogP contribution in [0.3, 0.4) is 0 Å². The molecule has 2 heterocycles. The molecule has 1 unspecified atom stereocenters. The standard InChI is InChI=1S/C45H57N3O5Si2/c1-43(2,3)54(7,8)53-38-31-40(48-30-29-39(49)47-42(48)50)52-45(38,41(35-23-15-10-16-24-35)46-32-34-21-13-9-14-22-34)33-51-55(44(4,5)6,36-25-17-11-18-26-36)37-27-19-12-20-28-37/h9-30,38,40-41,46H,31-33H2,1-8H3,(H,47,49,50)/t38-,40+,41?,45+/m0/s1. The molecule has 5 aromatic rings. The molecular formula is C45H57N3O5Si2. The van der Waals surface area contributed by atoms with Gasteiger partial charge in [0, 0.05) is 25.2 Å². The summed E-state index contributed by atoms with van der Waals surface area (Å²) in [6.45, 7) is 18.8. The highest BCUT2D eigenvalue weighted by atomic mass is 28.4. The minimum absolute atomic E-state index is 0.121. The smallest absolute Gasteiger partial charge is 0.330 e. The second-order valence-electron chi connectivity index (χ2n) is 17.3. The van der Waals surface area contributed by atoms with E-state index in [1.165, 1.54) is 16.8 Å². The molecular weight excluding hydrogens is 719 g/mol. The number of hydrogen-bond acceptors (Lipinski definition) is 6. The number of nitrogens with one attached hydrogen (secondary N) is 2. The molecule has 1 aliphatic heterocycles. The van der Waals surface area contributed by atoms with E-state index in [0.29, 0.717) is 13.0 Å². The molecule has 0 spiro atoms. The Morgan fingerprint density at radius 1 is 0.782 bits per heavy atom. The summed E-state index contributed by atoms with van der Waals surface area (Å²) in [6.07, 6.45) is 0.651. The van der Waals surface area contributed by atoms with Gasteiger partial charge in [0.25, 0.3) is 13.9 Å². The van der Waals surface area contributed by atoms with Crippen molar-refractivity contribution in [1.82, 2.24) is 14.9 Å². The zero-order valence-corrected chi connectivity index (χ0v) is 35.5. The second-order valence-corrected chi connectivity index (χ2v) is 26.4. The van der Waals surface area contributed by atoms with E-state index >= 15 is 0 Å². The van der Waals surface area contributed by atoms with Gasteiger partial charge in [-0.2, -0.15) is 0 Å². The number of hydrogen-bond donors (Lipinski definition) is 2. The lowest BCUT2D eigenvalue weighted by Crippen LogP contribution is -2.69. The van der Waals surface area contributed by atoms with Gasteiger partial charge in [0.1, 0.15) is 11.8 Å². The molecule has 0 saturated carbocycles. The Kier molecular flexibility index (Phi) is 11.9. The summed E-state index contributed by atoms with van der Waals surface area (Å²) in [7, 11) is -5.59. The molecule has 0 amide bonds. The largest absolute Gasteiger partial charge is 0.411 e. The highest BCUT2D eigenvalue weighted by Crippen LogP contribution is 2.50. The average molecular weight is 776 g/mol. The highest BCUT2D eigenvalue weighted by Gasteiger charge is 2.60. The van der Waals surface area contributed by atoms with Crippen LogP contribution in [0.4, 0.5) is 0 Å². The summed E-state index contributed by atoms with van der Waals surface area (Å²) in [5.41, 5.74) is 0.00322. The lowest BCUT2D eigenvalue weighted by atomic mass is 9.84. The molecule has 1 saturated heterocycles. The molecule has 4 atom stereocenters. The molecule has 1 fully saturated rings. The van der Waals surface area contributed by atoms with Crippen LogP contribution in [0.1, 0.15) is 71.4 Å². The minimum atomic E-state index is -3.11. The number of aromatic amines is 1. The Labute approximate surface area is 328 Å². The molecule has 0 aliphatic carbocycles. The van der Waals surface area contributed by atoms with Crippen molar-refractivity contribution in [3.05, 3.63) is 166 Å². The van der Waals surface area contributed by atoms with Crippen LogP contribution in [0.25, 0.3) is 0 Å². The number of H-pyrrole nitrogens is 1. The SMILES string of the molecule is CC(C)(C)[Si](C)(C)O[C@H]1C[C@H](n2ccc(=O)[nH]c2=O)O[C@@]1(CO[Si](c1ccccc1)(c1ccccc1)C(C)(C)C)C(NCc1ccccc1)c1ccccc1. The zero-order chi connectivity index (χ0) is 39.5. The predicted molar refractivity (Wildman–Crippen MR) is 227 cm³/mol. The van der Waals surface area contributed by atoms with Crippen molar-refractivity contribution in [2.75, 3.05) is 6.61 Å². The maximum absolute atomic E-state index is 13.5. The van der Waals surface area contributed by atoms with E-state index in [4.69, 9.17) is 13.6 Å². The van der Waals surface area contributed by atoms with Gasteiger partial charge in [-0.15, -0.1) is 0 Å². The van der Waals surface area contributed by atoms with Crippen molar-refractivity contribution < 1.29 is 13.6 Å². The quantitative estimate of drug-likeness (QED) is 0.119. The van der Waals surface area contributed by atoms with Gasteiger partial charge in [0.2, 0.25) is 0 Å². The van der Waals surface area contributed by atoms with Crippen molar-refractivity contribution in [3.8, 4) is 0 Å². The fourth-order valence-corrected chi connectivity index (χ4v) is 13.7. The van der Waals surface area contributed by atoms with Crippen molar-refractivity contribution in [3.63, 3.8) is 0 Å². The Morgan fingerprint density at radius 2 is 1.31 bits per heavy atom. The Bertz CT molecular complexity index is 2070. The van der Waals surface area contributed by atoms with Crippen LogP contribution in [0.5, 0.6) is 0 Å². The van der Waals surface area contributed by atoms with Crippen LogP contribution in [-0.2, 0) is 20.1 Å². The third kappa shape index (κ3) is 8.35. The molecule has 2 N–H and O–H groups in total. The molecule has 290 valence electrons. The maximum atomic E-state index is 13.5. The molecule has 0 radical (unpaired) electrons. The number of aromatic nitrogens is 2. The maximum Gasteiger partial charge on any atom is 0.330 e. The molecule has 8 nitrogen and oxygen atoms in total. The van der Waals surface area contributed by atoms with Crippen molar-refractivity contribution >= 4 is 27.0 Å². The molecule has 1 aromatic heterocycles. The first-order valence-corrected chi connectivity index (χ1v) is 24.1. The average Bonchev–Trinajstić information content (AvgIpc) is 3.50. The molecule has 1 aliphatic rings. The van der Waals surface area contributed by atoms with Gasteiger partial charge in [-0.1, -0.05) is 163 Å². The summed E-state index contributed by atoms with van der Waals surface area (Å²) in [5, 5.41) is 5.83. The van der Waals surface area contributed by atoms with Gasteiger partial charge in [0.05, 0.1) is 18.8 Å². The predicted octanol–water partition coefficient (Wildman–Crippen LogP) is 7.69. The third-order valence-electron chi connectivity index (χ3n) is 11.6. The first-order valence-electron chi connectivity index (χ1n) is 19.3. The van der Waals surface area contributed by atoms with Crippen molar-refractivity contribution in [2.45, 2.75) is 102 Å². The van der Waals surface area contributed by atoms with Gasteiger partial charge in [-0.25, -0.2) is 4.79 Å². The number of ether oxygens (including phenoxy) is 1. The fourth-order valence-electron chi connectivity index (χ4n) is 7.75. The second kappa shape index (κ2) is 16.1. The van der Waals surface area contributed by atoms with Gasteiger partial charge >= 0.3 is 5.69 Å². The third-order valence-corrected chi connectivity index (χ3v) is 21.1. The number of rotatable bonds is 13. The molecule has 55 heavy (non-hydrogen) atoms. The normalized spacial score (nSPS) is 20.0. The van der Waals surface area contributed by atoms with Crippen LogP contribution in [0.15, 0.2) is 143 Å². The van der Waals surface area contributed by atoms with Gasteiger partial charge in [-0.05, 0) is 44.7 Å². The first kappa shape index (κ1) is 40.5. The molecule has 0 bridgehead atoms. The zero-order valence-electron chi connectivity index (χ0n) is 33.5. The monoisotopic (exact) mass is 775 g/mol. The van der Waals surface area contributed by atoms with E-state index in [1.54, 1.807) is 0 Å². The van der Waals surface area contributed by atoms with Gasteiger partial charge < -0.3 is 18.9 Å². The van der Waals surface area contributed by atoms with E-state index in [2.05, 4.69) is 138 Å². The summed E-state index contributed by atoms with van der Waals surface area (Å²) >= 11 is 0. The van der Waals surface area contributed by atoms with E-state index in [-0.39, 0.29) is 16.7 Å². The summed E-state index contributed by atoms with van der Waals surface area (Å²) in [5.74, 6) is 0. The lowest BCUT2D eigenvalue weighted by Gasteiger charge is -2.49. The van der Waals surface area contributed by atoms with Crippen LogP contribution in [-0.4, -0.2) is 44.5 Å². The van der Waals surface area contributed by atoms with Gasteiger partial charge in [-0.3, -0.25) is 14.3 Å². The lowest BCUT2D eigenvalue weighted by molar-refractivity contribution is -0.143. The van der Waals surface area contributed by atoms with E-state index < -0.39 is 51.9 Å². The molecule has 10 heteroatoms. The Hall–Kier alpha value is -4.17. The van der Waals surface area contributed by atoms with Crippen LogP contribution in [0.2, 0.25) is 23.2 Å². The Morgan fingerprint density at radius 3 is 1.82 bits per heavy atom. The molecule has 6 rings (SSSR count). The van der Waals surface area contributed by atoms with Crippen molar-refractivity contribution in [1.29, 1.82) is 0 Å². The summed E-state index contributed by atoms with van der Waals surface area (Å²) in [6, 6.07) is 42.9. The van der Waals surface area contributed by atoms with E-state index in [9.17, 15) is 9.59 Å². The van der Waals surface area contributed by atoms with Crippen LogP contribution < -0.4 is 26.9 Å². The van der Waals surface area contributed by atoms with Crippen molar-refractivity contribution in [2.24, 2.45) is 0 Å². The topological polar surface area (TPSA) is 94.6 Å². The highest BCUT2D eigenvalue weighted by molar-refractivity contribution is 6.99. The molecule has 4 aromatic carbocycles.